The van der Waals surface area contributed by atoms with Crippen LogP contribution in [-0.2, 0) is 0 Å². The summed E-state index contributed by atoms with van der Waals surface area (Å²) in [6, 6.07) is 76.5. The highest BCUT2D eigenvalue weighted by Gasteiger charge is 2.31. The van der Waals surface area contributed by atoms with Gasteiger partial charge in [-0.25, -0.2) is 0 Å². The lowest BCUT2D eigenvalue weighted by atomic mass is 9.86. The average molecular weight is 707 g/mol. The van der Waals surface area contributed by atoms with E-state index in [0.29, 0.717) is 0 Å². The van der Waals surface area contributed by atoms with Gasteiger partial charge in [-0.1, -0.05) is 206 Å². The Hall–Kier alpha value is -7.28. The lowest BCUT2D eigenvalue weighted by Crippen LogP contribution is -1.88. The van der Waals surface area contributed by atoms with E-state index in [1.165, 1.54) is 120 Å². The summed E-state index contributed by atoms with van der Waals surface area (Å²) in [5.74, 6) is 0. The van der Waals surface area contributed by atoms with Crippen LogP contribution >= 0.6 is 0 Å². The molecule has 0 spiro atoms. The van der Waals surface area contributed by atoms with Crippen LogP contribution < -0.4 is 0 Å². The first-order valence-electron chi connectivity index (χ1n) is 19.5. The minimum absolute atomic E-state index is 1.22. The van der Waals surface area contributed by atoms with Crippen molar-refractivity contribution in [2.75, 3.05) is 0 Å². The van der Waals surface area contributed by atoms with E-state index < -0.39 is 0 Å². The van der Waals surface area contributed by atoms with Crippen LogP contribution in [0.4, 0.5) is 0 Å². The number of hydrogen-bond acceptors (Lipinski definition) is 0. The molecule has 8 aromatic carbocycles. The predicted octanol–water partition coefficient (Wildman–Crippen LogP) is 15.8. The summed E-state index contributed by atoms with van der Waals surface area (Å²) in [6.07, 6.45) is 0. The molecule has 4 aliphatic rings. The summed E-state index contributed by atoms with van der Waals surface area (Å²) < 4.78 is 0. The zero-order chi connectivity index (χ0) is 36.7. The van der Waals surface area contributed by atoms with Gasteiger partial charge < -0.3 is 0 Å². The Morgan fingerprint density at radius 2 is 0.429 bits per heavy atom. The van der Waals surface area contributed by atoms with Crippen molar-refractivity contribution in [3.8, 4) is 55.6 Å². The van der Waals surface area contributed by atoms with E-state index in [4.69, 9.17) is 0 Å². The average Bonchev–Trinajstić information content (AvgIpc) is 3.46. The molecule has 0 heteroatoms. The van der Waals surface area contributed by atoms with Crippen LogP contribution in [0.15, 0.2) is 206 Å². The summed E-state index contributed by atoms with van der Waals surface area (Å²) in [5, 5.41) is 15.6. The molecular weight excluding hydrogens is 673 g/mol. The van der Waals surface area contributed by atoms with Gasteiger partial charge in [-0.3, -0.25) is 0 Å². The standard InChI is InChI=1S/C56H34/c1-5-19-35(20-6-1)37-31-17-33-43-39-23-13-15-29-41(39)51-45-25-9-3-11-27-47(45)53(55(51)49(37)43)54-48-28-12-4-10-26-46(48)52-42-30-16-14-24-40(42)44-34-18-32-38(50(44)56(52)54)36-21-7-2-8-22-36/h1-34H. The second-order valence-electron chi connectivity index (χ2n) is 15.0. The maximum atomic E-state index is 2.37. The summed E-state index contributed by atoms with van der Waals surface area (Å²) >= 11 is 0. The van der Waals surface area contributed by atoms with Crippen molar-refractivity contribution >= 4 is 64.6 Å². The van der Waals surface area contributed by atoms with Crippen molar-refractivity contribution in [1.82, 2.24) is 0 Å². The molecule has 8 aromatic rings. The second-order valence-corrected chi connectivity index (χ2v) is 15.0. The zero-order valence-corrected chi connectivity index (χ0v) is 30.6. The van der Waals surface area contributed by atoms with Crippen LogP contribution in [0, 0.1) is 0 Å². The number of benzene rings is 8. The van der Waals surface area contributed by atoms with E-state index in [9.17, 15) is 0 Å². The van der Waals surface area contributed by atoms with Crippen molar-refractivity contribution in [1.29, 1.82) is 0 Å². The Bertz CT molecular complexity index is 3210. The van der Waals surface area contributed by atoms with Crippen LogP contribution in [-0.4, -0.2) is 0 Å². The molecule has 0 amide bonds. The summed E-state index contributed by atoms with van der Waals surface area (Å²) in [5.41, 5.74) is 12.7. The second kappa shape index (κ2) is 12.1. The molecule has 0 unspecified atom stereocenters. The number of rotatable bonds is 3. The van der Waals surface area contributed by atoms with E-state index >= 15 is 0 Å². The van der Waals surface area contributed by atoms with Gasteiger partial charge in [0.1, 0.15) is 0 Å². The Morgan fingerprint density at radius 3 is 0.821 bits per heavy atom. The van der Waals surface area contributed by atoms with Crippen molar-refractivity contribution in [2.24, 2.45) is 0 Å². The van der Waals surface area contributed by atoms with Crippen LogP contribution in [0.5, 0.6) is 0 Å². The molecule has 0 saturated carbocycles. The lowest BCUT2D eigenvalue weighted by Gasteiger charge is -2.16. The first-order valence-corrected chi connectivity index (χ1v) is 19.5. The smallest absolute Gasteiger partial charge is 0.000116 e. The molecule has 0 atom stereocenters. The molecule has 12 rings (SSSR count). The molecule has 0 heterocycles. The Labute approximate surface area is 325 Å². The summed E-state index contributed by atoms with van der Waals surface area (Å²) in [4.78, 5) is 0. The summed E-state index contributed by atoms with van der Waals surface area (Å²) in [7, 11) is 0. The zero-order valence-electron chi connectivity index (χ0n) is 30.6. The van der Waals surface area contributed by atoms with Gasteiger partial charge >= 0.3 is 0 Å². The van der Waals surface area contributed by atoms with Crippen molar-refractivity contribution in [3.63, 3.8) is 0 Å². The maximum Gasteiger partial charge on any atom is -0.000116 e. The third kappa shape index (κ3) is 4.30. The predicted molar refractivity (Wildman–Crippen MR) is 241 cm³/mol. The van der Waals surface area contributed by atoms with E-state index in [2.05, 4.69) is 206 Å². The van der Waals surface area contributed by atoms with E-state index in [0.717, 1.165) is 0 Å². The van der Waals surface area contributed by atoms with E-state index in [1.54, 1.807) is 0 Å². The van der Waals surface area contributed by atoms with Gasteiger partial charge in [0.2, 0.25) is 0 Å². The topological polar surface area (TPSA) is 0 Å². The van der Waals surface area contributed by atoms with Gasteiger partial charge in [0.05, 0.1) is 0 Å². The Morgan fingerprint density at radius 1 is 0.161 bits per heavy atom. The normalized spacial score (nSPS) is 11.9. The lowest BCUT2D eigenvalue weighted by molar-refractivity contribution is 1.66. The van der Waals surface area contributed by atoms with Crippen LogP contribution in [0.2, 0.25) is 0 Å². The number of hydrogen-bond donors (Lipinski definition) is 0. The molecule has 0 radical (unpaired) electrons. The van der Waals surface area contributed by atoms with Gasteiger partial charge in [0.15, 0.2) is 0 Å². The van der Waals surface area contributed by atoms with Crippen LogP contribution in [0.25, 0.3) is 120 Å². The molecule has 0 aliphatic heterocycles. The largest absolute Gasteiger partial charge is 0.0622 e. The van der Waals surface area contributed by atoms with Crippen molar-refractivity contribution in [2.45, 2.75) is 0 Å². The first kappa shape index (κ1) is 31.1. The highest BCUT2D eigenvalue weighted by Crippen LogP contribution is 2.59. The highest BCUT2D eigenvalue weighted by atomic mass is 14.3. The molecule has 0 saturated heterocycles. The molecule has 4 aliphatic carbocycles. The SMILES string of the molecule is c1ccc(-c2cccc3c4ccccc4c4c5cccccc-5c(-c5c6cccccc-6c6c7ccccc7c7cccc(-c8ccccc8)c7c56)c4c23)cc1. The van der Waals surface area contributed by atoms with Gasteiger partial charge in [-0.2, -0.15) is 0 Å². The molecule has 0 fully saturated rings. The quantitative estimate of drug-likeness (QED) is 0.160. The fourth-order valence-corrected chi connectivity index (χ4v) is 10.0. The highest BCUT2D eigenvalue weighted by molar-refractivity contribution is 6.43. The third-order valence-electron chi connectivity index (χ3n) is 12.2. The van der Waals surface area contributed by atoms with Gasteiger partial charge in [0, 0.05) is 0 Å². The minimum Gasteiger partial charge on any atom is -0.0622 e. The molecule has 56 heavy (non-hydrogen) atoms. The Kier molecular flexibility index (Phi) is 6.73. The third-order valence-corrected chi connectivity index (χ3v) is 12.2. The van der Waals surface area contributed by atoms with Gasteiger partial charge in [-0.05, 0) is 120 Å². The fraction of sp³-hybridized carbons (Fsp3) is 0. The van der Waals surface area contributed by atoms with Crippen molar-refractivity contribution < 1.29 is 0 Å². The first-order chi connectivity index (χ1) is 27.9. The molecule has 0 nitrogen and oxygen atoms in total. The fourth-order valence-electron chi connectivity index (χ4n) is 10.0. The molecule has 0 aromatic heterocycles. The molecule has 0 bridgehead atoms. The molecular formula is C56H34. The van der Waals surface area contributed by atoms with Crippen LogP contribution in [0.1, 0.15) is 0 Å². The monoisotopic (exact) mass is 706 g/mol. The Balaban J connectivity index is 1.43. The van der Waals surface area contributed by atoms with E-state index in [1.807, 2.05) is 0 Å². The summed E-state index contributed by atoms with van der Waals surface area (Å²) in [6.45, 7) is 0. The number of fused-ring (bicyclic) bond motifs is 16. The van der Waals surface area contributed by atoms with Gasteiger partial charge in [-0.15, -0.1) is 0 Å². The molecule has 258 valence electrons. The molecule has 0 N–H and O–H groups in total. The van der Waals surface area contributed by atoms with Crippen LogP contribution in [0.3, 0.4) is 0 Å². The van der Waals surface area contributed by atoms with Crippen molar-refractivity contribution in [3.05, 3.63) is 206 Å². The maximum absolute atomic E-state index is 2.37. The van der Waals surface area contributed by atoms with E-state index in [-0.39, 0.29) is 0 Å². The minimum atomic E-state index is 1.22. The van der Waals surface area contributed by atoms with Gasteiger partial charge in [0.25, 0.3) is 0 Å².